The molecule has 100 valence electrons. The fraction of sp³-hybridized carbons (Fsp3) is 0.214. The van der Waals surface area contributed by atoms with Crippen molar-refractivity contribution < 1.29 is 4.79 Å². The van der Waals surface area contributed by atoms with E-state index >= 15 is 0 Å². The van der Waals surface area contributed by atoms with Gasteiger partial charge in [0.2, 0.25) is 0 Å². The number of nitrogens with zero attached hydrogens (tertiary/aromatic N) is 3. The maximum Gasteiger partial charge on any atom is 0.339 e. The predicted octanol–water partition coefficient (Wildman–Crippen LogP) is 1.84. The number of carbonyl (C=O) groups excluding carboxylic acids is 1. The summed E-state index contributed by atoms with van der Waals surface area (Å²) in [6.45, 7) is 0. The van der Waals surface area contributed by atoms with E-state index in [1.165, 1.54) is 23.7 Å². The molecule has 1 amide bonds. The van der Waals surface area contributed by atoms with E-state index in [1.54, 1.807) is 6.07 Å². The molecule has 1 aliphatic carbocycles. The fourth-order valence-corrected chi connectivity index (χ4v) is 2.77. The molecule has 6 nitrogen and oxygen atoms in total. The highest BCUT2D eigenvalue weighted by Gasteiger charge is 2.15. The van der Waals surface area contributed by atoms with Gasteiger partial charge in [-0.3, -0.25) is 0 Å². The second kappa shape index (κ2) is 3.93. The van der Waals surface area contributed by atoms with Crippen LogP contribution >= 0.6 is 0 Å². The summed E-state index contributed by atoms with van der Waals surface area (Å²) in [5, 5.41) is 4.10. The molecule has 0 spiro atoms. The number of amides is 1. The van der Waals surface area contributed by atoms with Crippen molar-refractivity contribution in [1.82, 2.24) is 19.7 Å². The zero-order valence-corrected chi connectivity index (χ0v) is 10.8. The lowest BCUT2D eigenvalue weighted by atomic mass is 10.1. The Balaban J connectivity index is 1.82. The molecule has 0 saturated heterocycles. The van der Waals surface area contributed by atoms with Gasteiger partial charge in [0.1, 0.15) is 5.69 Å². The molecule has 0 fully saturated rings. The fourth-order valence-electron chi connectivity index (χ4n) is 2.77. The van der Waals surface area contributed by atoms with Crippen molar-refractivity contribution in [3.63, 3.8) is 0 Å². The Kier molecular flexibility index (Phi) is 2.20. The highest BCUT2D eigenvalue weighted by molar-refractivity contribution is 5.81. The normalized spacial score (nSPS) is 13.8. The number of aryl methyl sites for hydroxylation is 2. The summed E-state index contributed by atoms with van der Waals surface area (Å²) >= 11 is 0. The van der Waals surface area contributed by atoms with Gasteiger partial charge in [0.15, 0.2) is 5.82 Å². The summed E-state index contributed by atoms with van der Waals surface area (Å²) < 4.78 is 1.10. The van der Waals surface area contributed by atoms with Crippen LogP contribution in [0.1, 0.15) is 17.5 Å². The third-order valence-electron chi connectivity index (χ3n) is 3.75. The van der Waals surface area contributed by atoms with E-state index in [4.69, 9.17) is 5.73 Å². The number of aromatic amines is 1. The molecule has 2 heterocycles. The van der Waals surface area contributed by atoms with Crippen molar-refractivity contribution in [2.24, 2.45) is 5.73 Å². The number of hydrogen-bond acceptors (Lipinski definition) is 3. The molecule has 0 atom stereocenters. The van der Waals surface area contributed by atoms with Gasteiger partial charge in [-0.2, -0.15) is 9.78 Å². The predicted molar refractivity (Wildman–Crippen MR) is 74.3 cm³/mol. The van der Waals surface area contributed by atoms with Gasteiger partial charge < -0.3 is 10.7 Å². The maximum absolute atomic E-state index is 11.0. The average Bonchev–Trinajstić information content (AvgIpc) is 3.13. The Bertz CT molecular complexity index is 788. The van der Waals surface area contributed by atoms with Gasteiger partial charge >= 0.3 is 6.03 Å². The maximum atomic E-state index is 11.0. The zero-order valence-electron chi connectivity index (χ0n) is 10.8. The SMILES string of the molecule is NC(=O)n1ccc(-c2nc3cc4c(cc3[nH]2)CCC4)n1. The van der Waals surface area contributed by atoms with E-state index in [0.29, 0.717) is 11.5 Å². The number of benzene rings is 1. The minimum Gasteiger partial charge on any atom is -0.350 e. The molecule has 6 heteroatoms. The molecule has 0 aliphatic heterocycles. The molecule has 0 radical (unpaired) electrons. The minimum atomic E-state index is -0.605. The van der Waals surface area contributed by atoms with E-state index in [0.717, 1.165) is 28.6 Å². The summed E-state index contributed by atoms with van der Waals surface area (Å²) in [5.74, 6) is 0.656. The van der Waals surface area contributed by atoms with Gasteiger partial charge in [-0.25, -0.2) is 9.78 Å². The van der Waals surface area contributed by atoms with Crippen LogP contribution in [0.5, 0.6) is 0 Å². The van der Waals surface area contributed by atoms with Crippen molar-refractivity contribution in [2.45, 2.75) is 19.3 Å². The quantitative estimate of drug-likeness (QED) is 0.705. The van der Waals surface area contributed by atoms with Crippen LogP contribution in [0.3, 0.4) is 0 Å². The van der Waals surface area contributed by atoms with E-state index < -0.39 is 6.03 Å². The third kappa shape index (κ3) is 1.61. The number of nitrogens with one attached hydrogen (secondary N) is 1. The topological polar surface area (TPSA) is 89.6 Å². The second-order valence-electron chi connectivity index (χ2n) is 5.06. The number of nitrogens with two attached hydrogens (primary N) is 1. The lowest BCUT2D eigenvalue weighted by Gasteiger charge is -1.96. The van der Waals surface area contributed by atoms with Crippen LogP contribution in [0, 0.1) is 0 Å². The van der Waals surface area contributed by atoms with Gasteiger partial charge in [0, 0.05) is 6.20 Å². The largest absolute Gasteiger partial charge is 0.350 e. The van der Waals surface area contributed by atoms with Gasteiger partial charge in [-0.15, -0.1) is 0 Å². The Morgan fingerprint density at radius 3 is 2.85 bits per heavy atom. The molecule has 1 aliphatic rings. The first-order valence-electron chi connectivity index (χ1n) is 6.58. The third-order valence-corrected chi connectivity index (χ3v) is 3.75. The smallest absolute Gasteiger partial charge is 0.339 e. The van der Waals surface area contributed by atoms with Crippen LogP contribution in [0.2, 0.25) is 0 Å². The van der Waals surface area contributed by atoms with Crippen LogP contribution in [0.25, 0.3) is 22.6 Å². The zero-order chi connectivity index (χ0) is 13.7. The van der Waals surface area contributed by atoms with Crippen molar-refractivity contribution in [2.75, 3.05) is 0 Å². The summed E-state index contributed by atoms with van der Waals surface area (Å²) in [6, 6.07) is 5.42. The van der Waals surface area contributed by atoms with E-state index in [1.807, 2.05) is 0 Å². The van der Waals surface area contributed by atoms with Crippen molar-refractivity contribution in [3.05, 3.63) is 35.5 Å². The molecule has 1 aromatic carbocycles. The molecule has 0 bridgehead atoms. The molecule has 0 saturated carbocycles. The lowest BCUT2D eigenvalue weighted by Crippen LogP contribution is -2.19. The molecular weight excluding hydrogens is 254 g/mol. The Morgan fingerprint density at radius 1 is 1.30 bits per heavy atom. The molecular formula is C14H13N5O. The van der Waals surface area contributed by atoms with Gasteiger partial charge in [0.05, 0.1) is 11.0 Å². The number of fused-ring (bicyclic) bond motifs is 2. The lowest BCUT2D eigenvalue weighted by molar-refractivity contribution is 0.248. The van der Waals surface area contributed by atoms with E-state index in [2.05, 4.69) is 27.2 Å². The molecule has 20 heavy (non-hydrogen) atoms. The molecule has 3 N–H and O–H groups in total. The monoisotopic (exact) mass is 267 g/mol. The van der Waals surface area contributed by atoms with Gasteiger partial charge in [-0.05, 0) is 48.6 Å². The number of carbonyl (C=O) groups is 1. The summed E-state index contributed by atoms with van der Waals surface area (Å²) in [6.07, 6.45) is 5.02. The van der Waals surface area contributed by atoms with Crippen LogP contribution in [-0.4, -0.2) is 25.8 Å². The molecule has 4 rings (SSSR count). The van der Waals surface area contributed by atoms with Crippen molar-refractivity contribution in [3.8, 4) is 11.5 Å². The standard InChI is InChI=1S/C14H13N5O/c15-14(20)19-5-4-10(18-19)13-16-11-6-8-2-1-3-9(8)7-12(11)17-13/h4-7H,1-3H2,(H2,15,20)(H,16,17). The molecule has 3 aromatic rings. The summed E-state index contributed by atoms with van der Waals surface area (Å²) in [7, 11) is 0. The minimum absolute atomic E-state index is 0.605. The Labute approximate surface area is 114 Å². The highest BCUT2D eigenvalue weighted by atomic mass is 16.2. The number of H-pyrrole nitrogens is 1. The van der Waals surface area contributed by atoms with Crippen LogP contribution in [0.4, 0.5) is 4.79 Å². The van der Waals surface area contributed by atoms with Crippen LogP contribution < -0.4 is 5.73 Å². The second-order valence-corrected chi connectivity index (χ2v) is 5.06. The number of imidazole rings is 1. The summed E-state index contributed by atoms with van der Waals surface area (Å²) in [4.78, 5) is 18.8. The number of rotatable bonds is 1. The first-order chi connectivity index (χ1) is 9.70. The van der Waals surface area contributed by atoms with Crippen molar-refractivity contribution >= 4 is 17.1 Å². The van der Waals surface area contributed by atoms with E-state index in [9.17, 15) is 4.79 Å². The first-order valence-corrected chi connectivity index (χ1v) is 6.58. The molecule has 0 unspecified atom stereocenters. The van der Waals surface area contributed by atoms with Gasteiger partial charge in [0.25, 0.3) is 0 Å². The first kappa shape index (κ1) is 11.2. The van der Waals surface area contributed by atoms with Gasteiger partial charge in [-0.1, -0.05) is 0 Å². The van der Waals surface area contributed by atoms with E-state index in [-0.39, 0.29) is 0 Å². The average molecular weight is 267 g/mol. The van der Waals surface area contributed by atoms with Crippen LogP contribution in [-0.2, 0) is 12.8 Å². The molecule has 2 aromatic heterocycles. The van der Waals surface area contributed by atoms with Crippen molar-refractivity contribution in [1.29, 1.82) is 0 Å². The number of primary amides is 1. The Hall–Kier alpha value is -2.63. The van der Waals surface area contributed by atoms with Crippen LogP contribution in [0.15, 0.2) is 24.4 Å². The summed E-state index contributed by atoms with van der Waals surface area (Å²) in [5.41, 5.74) is 10.5. The number of hydrogen-bond donors (Lipinski definition) is 2. The number of aromatic nitrogens is 4. The Morgan fingerprint density at radius 2 is 2.10 bits per heavy atom. The highest BCUT2D eigenvalue weighted by Crippen LogP contribution is 2.27.